The van der Waals surface area contributed by atoms with Gasteiger partial charge >= 0.3 is 0 Å². The fraction of sp³-hybridized carbons (Fsp3) is 0.238. The van der Waals surface area contributed by atoms with E-state index in [2.05, 4.69) is 23.0 Å². The summed E-state index contributed by atoms with van der Waals surface area (Å²) >= 11 is 15.7. The average molecular weight is 449 g/mol. The van der Waals surface area contributed by atoms with Crippen LogP contribution in [-0.2, 0) is 17.1 Å². The quantitative estimate of drug-likeness (QED) is 0.338. The summed E-state index contributed by atoms with van der Waals surface area (Å²) in [5.41, 5.74) is 2.01. The number of thioether (sulfide) groups is 1. The Balaban J connectivity index is 1.67. The number of benzene rings is 2. The molecule has 0 saturated heterocycles. The molecule has 0 aliphatic heterocycles. The first kappa shape index (κ1) is 21.0. The van der Waals surface area contributed by atoms with Crippen LogP contribution in [0, 0.1) is 12.3 Å². The summed E-state index contributed by atoms with van der Waals surface area (Å²) in [4.78, 5) is 17.2. The van der Waals surface area contributed by atoms with Gasteiger partial charge in [0, 0.05) is 12.2 Å². The third kappa shape index (κ3) is 5.21. The first-order valence-corrected chi connectivity index (χ1v) is 11.4. The number of thiazole rings is 1. The lowest BCUT2D eigenvalue weighted by Gasteiger charge is -2.02. The first-order chi connectivity index (χ1) is 13.6. The Labute approximate surface area is 182 Å². The second-order valence-electron chi connectivity index (χ2n) is 6.03. The molecule has 0 atom stereocenters. The van der Waals surface area contributed by atoms with Crippen LogP contribution in [0.2, 0.25) is 10.0 Å². The van der Waals surface area contributed by atoms with Gasteiger partial charge in [0.25, 0.3) is 0 Å². The van der Waals surface area contributed by atoms with Crippen LogP contribution in [0.3, 0.4) is 0 Å². The maximum absolute atomic E-state index is 12.3. The summed E-state index contributed by atoms with van der Waals surface area (Å²) in [6.45, 7) is 0.277. The van der Waals surface area contributed by atoms with E-state index in [-0.39, 0.29) is 12.5 Å². The zero-order valence-corrected chi connectivity index (χ0v) is 18.2. The summed E-state index contributed by atoms with van der Waals surface area (Å²) in [6, 6.07) is 13.8. The fourth-order valence-electron chi connectivity index (χ4n) is 2.69. The highest BCUT2D eigenvalue weighted by Crippen LogP contribution is 2.31. The van der Waals surface area contributed by atoms with Gasteiger partial charge in [-0.15, -0.1) is 6.42 Å². The molecule has 3 rings (SSSR count). The Morgan fingerprint density at radius 1 is 1.18 bits per heavy atom. The molecule has 1 heterocycles. The number of carbonyl (C=O) groups excluding carboxylic acids is 1. The lowest BCUT2D eigenvalue weighted by atomic mass is 10.2. The molecule has 0 radical (unpaired) electrons. The molecule has 3 nitrogen and oxygen atoms in total. The third-order valence-corrected chi connectivity index (χ3v) is 6.95. The van der Waals surface area contributed by atoms with E-state index in [1.54, 1.807) is 16.7 Å². The Kier molecular flexibility index (Phi) is 7.64. The van der Waals surface area contributed by atoms with Gasteiger partial charge in [-0.25, -0.2) is 0 Å². The van der Waals surface area contributed by atoms with Crippen LogP contribution in [0.5, 0.6) is 0 Å². The van der Waals surface area contributed by atoms with Gasteiger partial charge in [-0.1, -0.05) is 70.8 Å². The minimum Gasteiger partial charge on any atom is -0.303 e. The standard InChI is InChI=1S/C21H18Cl2N2OS2/c1-2-12-25-19-16(22)10-11-17(23)20(19)28-21(25)24-18(26)9-6-13-27-14-15-7-4-3-5-8-15/h1,3-5,7-8,10-11H,6,9,12-14H2. The molecular weight excluding hydrogens is 431 g/mol. The van der Waals surface area contributed by atoms with E-state index in [0.717, 1.165) is 28.1 Å². The van der Waals surface area contributed by atoms with Gasteiger partial charge in [0.1, 0.15) is 0 Å². The van der Waals surface area contributed by atoms with Crippen molar-refractivity contribution in [1.82, 2.24) is 4.57 Å². The highest BCUT2D eigenvalue weighted by Gasteiger charge is 2.13. The lowest BCUT2D eigenvalue weighted by molar-refractivity contribution is -0.118. The molecular formula is C21H18Cl2N2OS2. The molecule has 0 bridgehead atoms. The maximum Gasteiger partial charge on any atom is 0.248 e. The molecule has 0 unspecified atom stereocenters. The number of amides is 1. The van der Waals surface area contributed by atoms with Crippen molar-refractivity contribution in [2.75, 3.05) is 5.75 Å². The van der Waals surface area contributed by atoms with Crippen LogP contribution < -0.4 is 4.80 Å². The van der Waals surface area contributed by atoms with E-state index in [9.17, 15) is 4.79 Å². The van der Waals surface area contributed by atoms with Gasteiger partial charge in [0.05, 0.1) is 26.8 Å². The summed E-state index contributed by atoms with van der Waals surface area (Å²) in [5.74, 6) is 4.28. The largest absolute Gasteiger partial charge is 0.303 e. The number of fused-ring (bicyclic) bond motifs is 1. The second-order valence-corrected chi connectivity index (χ2v) is 8.93. The van der Waals surface area contributed by atoms with Crippen molar-refractivity contribution >= 4 is 62.4 Å². The Morgan fingerprint density at radius 3 is 2.68 bits per heavy atom. The Bertz CT molecular complexity index is 1080. The number of carbonyl (C=O) groups is 1. The zero-order valence-electron chi connectivity index (χ0n) is 15.0. The topological polar surface area (TPSA) is 34.4 Å². The van der Waals surface area contributed by atoms with E-state index >= 15 is 0 Å². The summed E-state index contributed by atoms with van der Waals surface area (Å²) < 4.78 is 2.56. The van der Waals surface area contributed by atoms with Gasteiger partial charge in [0.2, 0.25) is 5.91 Å². The van der Waals surface area contributed by atoms with Gasteiger partial charge in [-0.3, -0.25) is 4.79 Å². The predicted octanol–water partition coefficient (Wildman–Crippen LogP) is 5.78. The summed E-state index contributed by atoms with van der Waals surface area (Å²) in [6.07, 6.45) is 6.66. The summed E-state index contributed by atoms with van der Waals surface area (Å²) in [7, 11) is 0. The van der Waals surface area contributed by atoms with E-state index in [1.807, 2.05) is 30.0 Å². The molecule has 0 spiro atoms. The molecule has 144 valence electrons. The SMILES string of the molecule is C#CCn1c(=NC(=O)CCCSCc2ccccc2)sc2c(Cl)ccc(Cl)c21. The van der Waals surface area contributed by atoms with Crippen molar-refractivity contribution in [2.45, 2.75) is 25.1 Å². The molecule has 1 aromatic heterocycles. The number of hydrogen-bond acceptors (Lipinski definition) is 3. The monoisotopic (exact) mass is 448 g/mol. The minimum atomic E-state index is -0.162. The van der Waals surface area contributed by atoms with Crippen LogP contribution in [0.25, 0.3) is 10.2 Å². The molecule has 0 N–H and O–H groups in total. The summed E-state index contributed by atoms with van der Waals surface area (Å²) in [5, 5.41) is 1.11. The van der Waals surface area contributed by atoms with E-state index in [4.69, 9.17) is 29.6 Å². The normalized spacial score (nSPS) is 11.7. The van der Waals surface area contributed by atoms with Crippen molar-refractivity contribution in [1.29, 1.82) is 0 Å². The van der Waals surface area contributed by atoms with Gasteiger partial charge in [-0.2, -0.15) is 16.8 Å². The minimum absolute atomic E-state index is 0.162. The number of halogens is 2. The van der Waals surface area contributed by atoms with E-state index in [0.29, 0.717) is 21.3 Å². The maximum atomic E-state index is 12.3. The first-order valence-electron chi connectivity index (χ1n) is 8.70. The van der Waals surface area contributed by atoms with Crippen LogP contribution in [-0.4, -0.2) is 16.2 Å². The highest BCUT2D eigenvalue weighted by molar-refractivity contribution is 7.98. The molecule has 0 aliphatic rings. The molecule has 0 saturated carbocycles. The van der Waals surface area contributed by atoms with E-state index in [1.165, 1.54) is 16.9 Å². The van der Waals surface area contributed by atoms with Crippen molar-refractivity contribution in [3.8, 4) is 12.3 Å². The van der Waals surface area contributed by atoms with Crippen LogP contribution >= 0.6 is 46.3 Å². The van der Waals surface area contributed by atoms with Crippen LogP contribution in [0.15, 0.2) is 47.5 Å². The molecule has 0 fully saturated rings. The van der Waals surface area contributed by atoms with Gasteiger partial charge in [-0.05, 0) is 29.9 Å². The molecule has 2 aromatic carbocycles. The number of hydrogen-bond donors (Lipinski definition) is 0. The second kappa shape index (κ2) is 10.2. The average Bonchev–Trinajstić information content (AvgIpc) is 3.05. The van der Waals surface area contributed by atoms with Crippen LogP contribution in [0.1, 0.15) is 18.4 Å². The van der Waals surface area contributed by atoms with Crippen molar-refractivity contribution in [3.05, 3.63) is 62.9 Å². The smallest absolute Gasteiger partial charge is 0.248 e. The van der Waals surface area contributed by atoms with Crippen LogP contribution in [0.4, 0.5) is 0 Å². The fourth-order valence-corrected chi connectivity index (χ4v) is 5.27. The Morgan fingerprint density at radius 2 is 1.93 bits per heavy atom. The van der Waals surface area contributed by atoms with E-state index < -0.39 is 0 Å². The van der Waals surface area contributed by atoms with Crippen molar-refractivity contribution in [3.63, 3.8) is 0 Å². The number of rotatable bonds is 7. The zero-order chi connectivity index (χ0) is 19.9. The lowest BCUT2D eigenvalue weighted by Crippen LogP contribution is -2.16. The third-order valence-electron chi connectivity index (χ3n) is 3.99. The highest BCUT2D eigenvalue weighted by atomic mass is 35.5. The van der Waals surface area contributed by atoms with Crippen molar-refractivity contribution in [2.24, 2.45) is 4.99 Å². The molecule has 28 heavy (non-hydrogen) atoms. The van der Waals surface area contributed by atoms with Gasteiger partial charge in [0.15, 0.2) is 4.80 Å². The number of nitrogens with zero attached hydrogens (tertiary/aromatic N) is 2. The Hall–Kier alpha value is -1.71. The molecule has 0 aliphatic carbocycles. The molecule has 7 heteroatoms. The molecule has 1 amide bonds. The van der Waals surface area contributed by atoms with Crippen molar-refractivity contribution < 1.29 is 4.79 Å². The molecule has 3 aromatic rings. The van der Waals surface area contributed by atoms with Gasteiger partial charge < -0.3 is 4.57 Å². The number of aromatic nitrogens is 1. The predicted molar refractivity (Wildman–Crippen MR) is 121 cm³/mol. The number of terminal acetylenes is 1.